The zero-order valence-corrected chi connectivity index (χ0v) is 12.5. The van der Waals surface area contributed by atoms with E-state index in [-0.39, 0.29) is 0 Å². The molecule has 1 unspecified atom stereocenters. The highest BCUT2D eigenvalue weighted by Crippen LogP contribution is 2.14. The van der Waals surface area contributed by atoms with Gasteiger partial charge in [0.1, 0.15) is 0 Å². The third kappa shape index (κ3) is 4.29. The Morgan fingerprint density at radius 3 is 2.95 bits per heavy atom. The maximum atomic E-state index is 4.21. The van der Waals surface area contributed by atoms with Gasteiger partial charge in [-0.15, -0.1) is 0 Å². The summed E-state index contributed by atoms with van der Waals surface area (Å²) in [6.45, 7) is 10.2. The van der Waals surface area contributed by atoms with Gasteiger partial charge in [0.15, 0.2) is 0 Å². The Hall–Kier alpha value is -0.930. The molecule has 0 bridgehead atoms. The minimum absolute atomic E-state index is 0.656. The van der Waals surface area contributed by atoms with E-state index in [4.69, 9.17) is 0 Å². The number of nitrogens with zero attached hydrogens (tertiary/aromatic N) is 2. The molecule has 106 valence electrons. The van der Waals surface area contributed by atoms with Crippen molar-refractivity contribution in [1.29, 1.82) is 0 Å². The first-order chi connectivity index (χ1) is 9.16. The van der Waals surface area contributed by atoms with Crippen molar-refractivity contribution in [2.24, 2.45) is 0 Å². The highest BCUT2D eigenvalue weighted by atomic mass is 15.1. The number of likely N-dealkylation sites (tertiary alicyclic amines) is 1. The normalized spacial score (nSPS) is 21.6. The van der Waals surface area contributed by atoms with Crippen LogP contribution in [-0.2, 0) is 6.54 Å². The first-order valence-electron chi connectivity index (χ1n) is 7.53. The number of hydrogen-bond donors (Lipinski definition) is 1. The number of aromatic nitrogens is 1. The van der Waals surface area contributed by atoms with Crippen molar-refractivity contribution < 1.29 is 0 Å². The zero-order valence-electron chi connectivity index (χ0n) is 12.5. The Kier molecular flexibility index (Phi) is 5.34. The molecule has 0 aliphatic carbocycles. The van der Waals surface area contributed by atoms with Crippen LogP contribution in [0, 0.1) is 6.92 Å². The van der Waals surface area contributed by atoms with E-state index in [0.29, 0.717) is 12.1 Å². The topological polar surface area (TPSA) is 28.2 Å². The van der Waals surface area contributed by atoms with Crippen LogP contribution in [0.2, 0.25) is 0 Å². The molecule has 2 heterocycles. The van der Waals surface area contributed by atoms with Gasteiger partial charge in [-0.2, -0.15) is 0 Å². The molecule has 1 saturated heterocycles. The van der Waals surface area contributed by atoms with Crippen molar-refractivity contribution >= 4 is 0 Å². The monoisotopic (exact) mass is 261 g/mol. The fourth-order valence-corrected chi connectivity index (χ4v) is 2.78. The van der Waals surface area contributed by atoms with E-state index in [0.717, 1.165) is 6.54 Å². The molecule has 1 aromatic heterocycles. The Balaban J connectivity index is 1.82. The fourth-order valence-electron chi connectivity index (χ4n) is 2.78. The summed E-state index contributed by atoms with van der Waals surface area (Å²) < 4.78 is 0. The molecule has 0 spiro atoms. The lowest BCUT2D eigenvalue weighted by Gasteiger charge is -2.24. The smallest absolute Gasteiger partial charge is 0.0315 e. The van der Waals surface area contributed by atoms with Crippen LogP contribution in [0.25, 0.3) is 0 Å². The SMILES string of the molecule is Cc1ccncc1CNC1CCCN(C(C)C)CC1. The molecule has 0 aromatic carbocycles. The van der Waals surface area contributed by atoms with Crippen LogP contribution >= 0.6 is 0 Å². The van der Waals surface area contributed by atoms with E-state index >= 15 is 0 Å². The largest absolute Gasteiger partial charge is 0.310 e. The number of rotatable bonds is 4. The van der Waals surface area contributed by atoms with Crippen molar-refractivity contribution in [1.82, 2.24) is 15.2 Å². The highest BCUT2D eigenvalue weighted by Gasteiger charge is 2.18. The van der Waals surface area contributed by atoms with Gasteiger partial charge < -0.3 is 10.2 Å². The second kappa shape index (κ2) is 7.01. The molecule has 3 heteroatoms. The molecule has 1 N–H and O–H groups in total. The van der Waals surface area contributed by atoms with E-state index in [1.165, 1.54) is 43.5 Å². The summed E-state index contributed by atoms with van der Waals surface area (Å²) in [5.74, 6) is 0. The maximum Gasteiger partial charge on any atom is 0.0315 e. The van der Waals surface area contributed by atoms with E-state index in [1.807, 2.05) is 12.4 Å². The molecule has 0 radical (unpaired) electrons. The van der Waals surface area contributed by atoms with Gasteiger partial charge in [-0.3, -0.25) is 4.98 Å². The average molecular weight is 261 g/mol. The van der Waals surface area contributed by atoms with Crippen molar-refractivity contribution in [3.8, 4) is 0 Å². The van der Waals surface area contributed by atoms with Crippen LogP contribution in [0.5, 0.6) is 0 Å². The molecule has 1 aromatic rings. The molecule has 1 fully saturated rings. The molecule has 0 amide bonds. The highest BCUT2D eigenvalue weighted by molar-refractivity contribution is 5.21. The predicted octanol–water partition coefficient (Wildman–Crippen LogP) is 2.74. The van der Waals surface area contributed by atoms with Crippen molar-refractivity contribution in [2.45, 2.75) is 58.7 Å². The third-order valence-electron chi connectivity index (χ3n) is 4.22. The van der Waals surface area contributed by atoms with Crippen LogP contribution < -0.4 is 5.32 Å². The molecule has 1 atom stereocenters. The number of aryl methyl sites for hydroxylation is 1. The lowest BCUT2D eigenvalue weighted by atomic mass is 10.1. The summed E-state index contributed by atoms with van der Waals surface area (Å²) in [5.41, 5.74) is 2.66. The molecular weight excluding hydrogens is 234 g/mol. The van der Waals surface area contributed by atoms with Gasteiger partial charge in [-0.25, -0.2) is 0 Å². The van der Waals surface area contributed by atoms with Crippen LogP contribution in [0.1, 0.15) is 44.2 Å². The van der Waals surface area contributed by atoms with Crippen LogP contribution in [0.4, 0.5) is 0 Å². The van der Waals surface area contributed by atoms with Gasteiger partial charge in [0.25, 0.3) is 0 Å². The van der Waals surface area contributed by atoms with Crippen molar-refractivity contribution in [3.63, 3.8) is 0 Å². The van der Waals surface area contributed by atoms with Crippen LogP contribution in [-0.4, -0.2) is 35.1 Å². The molecule has 1 aliphatic heterocycles. The quantitative estimate of drug-likeness (QED) is 0.903. The van der Waals surface area contributed by atoms with Gasteiger partial charge in [0.2, 0.25) is 0 Å². The fraction of sp³-hybridized carbons (Fsp3) is 0.688. The Bertz CT molecular complexity index is 389. The summed E-state index contributed by atoms with van der Waals surface area (Å²) in [6.07, 6.45) is 7.71. The van der Waals surface area contributed by atoms with Gasteiger partial charge in [0.05, 0.1) is 0 Å². The van der Waals surface area contributed by atoms with Gasteiger partial charge in [-0.05, 0) is 70.3 Å². The van der Waals surface area contributed by atoms with Gasteiger partial charge in [-0.1, -0.05) is 0 Å². The summed E-state index contributed by atoms with van der Waals surface area (Å²) >= 11 is 0. The zero-order chi connectivity index (χ0) is 13.7. The van der Waals surface area contributed by atoms with E-state index in [2.05, 4.69) is 42.0 Å². The van der Waals surface area contributed by atoms with Crippen LogP contribution in [0.15, 0.2) is 18.5 Å². The Morgan fingerprint density at radius 1 is 1.37 bits per heavy atom. The second-order valence-corrected chi connectivity index (χ2v) is 5.94. The second-order valence-electron chi connectivity index (χ2n) is 5.94. The standard InChI is InChI=1S/C16H27N3/c1-13(2)19-9-4-5-16(7-10-19)18-12-15-11-17-8-6-14(15)3/h6,8,11,13,16,18H,4-5,7,9-10,12H2,1-3H3. The molecule has 19 heavy (non-hydrogen) atoms. The molecule has 2 rings (SSSR count). The van der Waals surface area contributed by atoms with E-state index in [1.54, 1.807) is 0 Å². The first kappa shape index (κ1) is 14.5. The summed E-state index contributed by atoms with van der Waals surface area (Å²) in [4.78, 5) is 6.81. The lowest BCUT2D eigenvalue weighted by Crippen LogP contribution is -2.33. The minimum Gasteiger partial charge on any atom is -0.310 e. The third-order valence-corrected chi connectivity index (χ3v) is 4.22. The summed E-state index contributed by atoms with van der Waals surface area (Å²) in [5, 5.41) is 3.71. The van der Waals surface area contributed by atoms with Crippen molar-refractivity contribution in [2.75, 3.05) is 13.1 Å². The predicted molar refractivity (Wildman–Crippen MR) is 80.2 cm³/mol. The molecule has 3 nitrogen and oxygen atoms in total. The van der Waals surface area contributed by atoms with Crippen LogP contribution in [0.3, 0.4) is 0 Å². The molecule has 0 saturated carbocycles. The number of hydrogen-bond acceptors (Lipinski definition) is 3. The van der Waals surface area contributed by atoms with E-state index in [9.17, 15) is 0 Å². The number of nitrogens with one attached hydrogen (secondary N) is 1. The summed E-state index contributed by atoms with van der Waals surface area (Å²) in [7, 11) is 0. The minimum atomic E-state index is 0.656. The average Bonchev–Trinajstić information content (AvgIpc) is 2.63. The van der Waals surface area contributed by atoms with Gasteiger partial charge >= 0.3 is 0 Å². The molecular formula is C16H27N3. The Morgan fingerprint density at radius 2 is 2.21 bits per heavy atom. The summed E-state index contributed by atoms with van der Waals surface area (Å²) in [6, 6.07) is 3.42. The lowest BCUT2D eigenvalue weighted by molar-refractivity contribution is 0.229. The number of pyridine rings is 1. The van der Waals surface area contributed by atoms with Gasteiger partial charge in [0, 0.05) is 31.0 Å². The Labute approximate surface area is 117 Å². The first-order valence-corrected chi connectivity index (χ1v) is 7.53. The van der Waals surface area contributed by atoms with E-state index < -0.39 is 0 Å². The maximum absolute atomic E-state index is 4.21. The molecule has 1 aliphatic rings. The van der Waals surface area contributed by atoms with Crippen molar-refractivity contribution in [3.05, 3.63) is 29.6 Å².